The molecule has 0 spiro atoms. The third-order valence-corrected chi connectivity index (χ3v) is 1.85. The van der Waals surface area contributed by atoms with E-state index in [0.29, 0.717) is 0 Å². The molecule has 0 atom stereocenters. The van der Waals surface area contributed by atoms with E-state index >= 15 is 0 Å². The van der Waals surface area contributed by atoms with Gasteiger partial charge in [0.05, 0.1) is 0 Å². The molecule has 0 aliphatic heterocycles. The second-order valence-corrected chi connectivity index (χ2v) is 3.17. The van der Waals surface area contributed by atoms with Crippen molar-refractivity contribution in [3.63, 3.8) is 0 Å². The molecule has 1 aromatic heterocycles. The highest BCUT2D eigenvalue weighted by Gasteiger charge is 2.28. The molecule has 0 bridgehead atoms. The van der Waals surface area contributed by atoms with Gasteiger partial charge in [0.2, 0.25) is 0 Å². The summed E-state index contributed by atoms with van der Waals surface area (Å²) < 4.78 is 36.5. The van der Waals surface area contributed by atoms with Crippen LogP contribution in [0.2, 0.25) is 0 Å². The van der Waals surface area contributed by atoms with Crippen molar-refractivity contribution in [2.75, 3.05) is 6.54 Å². The van der Waals surface area contributed by atoms with E-state index in [9.17, 15) is 22.8 Å². The van der Waals surface area contributed by atoms with Crippen molar-refractivity contribution in [1.29, 1.82) is 0 Å². The summed E-state index contributed by atoms with van der Waals surface area (Å²) >= 11 is 0. The van der Waals surface area contributed by atoms with E-state index in [-0.39, 0.29) is 12.2 Å². The molecule has 17 heavy (non-hydrogen) atoms. The lowest BCUT2D eigenvalue weighted by Gasteiger charge is -2.08. The molecule has 1 N–H and O–H groups in total. The molecule has 1 rings (SSSR count). The van der Waals surface area contributed by atoms with E-state index in [2.05, 4.69) is 5.10 Å². The van der Waals surface area contributed by atoms with Gasteiger partial charge in [0.25, 0.3) is 11.5 Å². The van der Waals surface area contributed by atoms with Crippen LogP contribution in [0, 0.1) is 0 Å². The molecule has 0 radical (unpaired) electrons. The quantitative estimate of drug-likeness (QED) is 0.851. The first kappa shape index (κ1) is 13.2. The molecule has 0 saturated carbocycles. The van der Waals surface area contributed by atoms with Crippen LogP contribution in [0.1, 0.15) is 17.4 Å². The van der Waals surface area contributed by atoms with Gasteiger partial charge in [0.15, 0.2) is 0 Å². The number of nitrogens with zero attached hydrogens (tertiary/aromatic N) is 2. The number of rotatable bonds is 3. The average molecular weight is 249 g/mol. The van der Waals surface area contributed by atoms with Crippen molar-refractivity contribution >= 4 is 5.91 Å². The zero-order valence-electron chi connectivity index (χ0n) is 8.91. The van der Waals surface area contributed by atoms with Gasteiger partial charge in [-0.25, -0.2) is 4.68 Å². The Kier molecular flexibility index (Phi) is 3.87. The summed E-state index contributed by atoms with van der Waals surface area (Å²) in [6, 6.07) is 2.17. The van der Waals surface area contributed by atoms with E-state index in [0.717, 1.165) is 16.8 Å². The topological polar surface area (TPSA) is 64.0 Å². The normalized spacial score (nSPS) is 11.3. The minimum atomic E-state index is -4.48. The van der Waals surface area contributed by atoms with Crippen molar-refractivity contribution in [2.45, 2.75) is 19.6 Å². The number of hydrogen-bond donors (Lipinski definition) is 1. The molecule has 5 nitrogen and oxygen atoms in total. The Bertz CT molecular complexity index is 467. The molecule has 1 aromatic rings. The molecule has 0 unspecified atom stereocenters. The second kappa shape index (κ2) is 4.98. The van der Waals surface area contributed by atoms with Gasteiger partial charge in [-0.05, 0) is 13.0 Å². The highest BCUT2D eigenvalue weighted by atomic mass is 19.4. The third-order valence-electron chi connectivity index (χ3n) is 1.85. The molecule has 0 aliphatic rings. The van der Waals surface area contributed by atoms with Crippen molar-refractivity contribution in [3.8, 4) is 0 Å². The van der Waals surface area contributed by atoms with E-state index in [1.807, 2.05) is 0 Å². The molecular formula is C9H10F3N3O2. The lowest BCUT2D eigenvalue weighted by atomic mass is 10.3. The van der Waals surface area contributed by atoms with Gasteiger partial charge >= 0.3 is 6.18 Å². The Morgan fingerprint density at radius 2 is 2.12 bits per heavy atom. The Hall–Kier alpha value is -1.86. The van der Waals surface area contributed by atoms with E-state index < -0.39 is 24.2 Å². The predicted octanol–water partition coefficient (Wildman–Crippen LogP) is 0.555. The van der Waals surface area contributed by atoms with Crippen LogP contribution < -0.4 is 10.9 Å². The van der Waals surface area contributed by atoms with Gasteiger partial charge in [-0.15, -0.1) is 0 Å². The van der Waals surface area contributed by atoms with Crippen LogP contribution in [-0.2, 0) is 6.54 Å². The number of carbonyl (C=O) groups is 1. The Morgan fingerprint density at radius 3 is 2.65 bits per heavy atom. The average Bonchev–Trinajstić information content (AvgIpc) is 2.25. The van der Waals surface area contributed by atoms with Crippen LogP contribution >= 0.6 is 0 Å². The maximum absolute atomic E-state index is 11.9. The van der Waals surface area contributed by atoms with Gasteiger partial charge < -0.3 is 5.32 Å². The van der Waals surface area contributed by atoms with Gasteiger partial charge in [0, 0.05) is 12.6 Å². The number of nitrogens with one attached hydrogen (secondary N) is 1. The van der Waals surface area contributed by atoms with Crippen LogP contribution in [0.3, 0.4) is 0 Å². The molecule has 94 valence electrons. The molecular weight excluding hydrogens is 239 g/mol. The fourth-order valence-electron chi connectivity index (χ4n) is 1.07. The van der Waals surface area contributed by atoms with Crippen LogP contribution in [0.25, 0.3) is 0 Å². The van der Waals surface area contributed by atoms with E-state index in [1.54, 1.807) is 12.2 Å². The van der Waals surface area contributed by atoms with Gasteiger partial charge in [-0.1, -0.05) is 0 Å². The highest BCUT2D eigenvalue weighted by Crippen LogP contribution is 2.12. The number of aromatic nitrogens is 2. The van der Waals surface area contributed by atoms with Gasteiger partial charge in [0.1, 0.15) is 12.2 Å². The van der Waals surface area contributed by atoms with E-state index in [1.165, 1.54) is 0 Å². The number of hydrogen-bond acceptors (Lipinski definition) is 3. The van der Waals surface area contributed by atoms with Crippen molar-refractivity contribution < 1.29 is 18.0 Å². The lowest BCUT2D eigenvalue weighted by Crippen LogP contribution is -2.35. The molecule has 0 aromatic carbocycles. The number of amides is 1. The molecule has 1 heterocycles. The minimum absolute atomic E-state index is 0.226. The molecule has 8 heteroatoms. The van der Waals surface area contributed by atoms with Crippen LogP contribution in [0.15, 0.2) is 16.9 Å². The van der Waals surface area contributed by atoms with Gasteiger partial charge in [-0.3, -0.25) is 9.59 Å². The van der Waals surface area contributed by atoms with E-state index in [4.69, 9.17) is 0 Å². The highest BCUT2D eigenvalue weighted by molar-refractivity contribution is 5.91. The molecule has 0 saturated heterocycles. The fourth-order valence-corrected chi connectivity index (χ4v) is 1.07. The maximum Gasteiger partial charge on any atom is 0.405 e. The predicted molar refractivity (Wildman–Crippen MR) is 52.6 cm³/mol. The second-order valence-electron chi connectivity index (χ2n) is 3.17. The zero-order valence-corrected chi connectivity index (χ0v) is 8.91. The lowest BCUT2D eigenvalue weighted by molar-refractivity contribution is -0.123. The third kappa shape index (κ3) is 3.89. The largest absolute Gasteiger partial charge is 0.405 e. The van der Waals surface area contributed by atoms with Crippen LogP contribution in [0.5, 0.6) is 0 Å². The minimum Gasteiger partial charge on any atom is -0.342 e. The van der Waals surface area contributed by atoms with Gasteiger partial charge in [-0.2, -0.15) is 18.3 Å². The Balaban J connectivity index is 2.80. The number of carbonyl (C=O) groups excluding carboxylic acids is 1. The maximum atomic E-state index is 11.9. The molecule has 1 amide bonds. The summed E-state index contributed by atoms with van der Waals surface area (Å²) in [7, 11) is 0. The molecule has 0 fully saturated rings. The summed E-state index contributed by atoms with van der Waals surface area (Å²) in [4.78, 5) is 22.4. The number of aryl methyl sites for hydroxylation is 1. The van der Waals surface area contributed by atoms with Crippen LogP contribution in [0.4, 0.5) is 13.2 Å². The number of halogens is 3. The Labute approximate surface area is 94.2 Å². The summed E-state index contributed by atoms with van der Waals surface area (Å²) in [6.45, 7) is 0.434. The summed E-state index contributed by atoms with van der Waals surface area (Å²) in [6.07, 6.45) is -4.48. The first-order valence-electron chi connectivity index (χ1n) is 4.76. The number of alkyl halides is 3. The molecule has 0 aliphatic carbocycles. The van der Waals surface area contributed by atoms with Crippen molar-refractivity contribution in [1.82, 2.24) is 15.1 Å². The fraction of sp³-hybridized carbons (Fsp3) is 0.444. The van der Waals surface area contributed by atoms with Crippen molar-refractivity contribution in [3.05, 3.63) is 28.2 Å². The van der Waals surface area contributed by atoms with Crippen molar-refractivity contribution in [2.24, 2.45) is 0 Å². The standard InChI is InChI=1S/C9H10F3N3O2/c1-2-15-7(16)4-3-6(14-15)8(17)13-5-9(10,11)12/h3-4H,2,5H2,1H3,(H,13,17). The van der Waals surface area contributed by atoms with Crippen LogP contribution in [-0.4, -0.2) is 28.4 Å². The monoisotopic (exact) mass is 249 g/mol. The SMILES string of the molecule is CCn1nc(C(=O)NCC(F)(F)F)ccc1=O. The smallest absolute Gasteiger partial charge is 0.342 e. The summed E-state index contributed by atoms with van der Waals surface area (Å²) in [5.41, 5.74) is -0.643. The first-order valence-corrected chi connectivity index (χ1v) is 4.76. The zero-order chi connectivity index (χ0) is 13.1. The Morgan fingerprint density at radius 1 is 1.47 bits per heavy atom. The first-order chi connectivity index (χ1) is 7.83. The summed E-state index contributed by atoms with van der Waals surface area (Å²) in [5, 5.41) is 5.28. The summed E-state index contributed by atoms with van der Waals surface area (Å²) in [5.74, 6) is -0.968.